The van der Waals surface area contributed by atoms with Gasteiger partial charge in [0.25, 0.3) is 0 Å². The molecule has 1 fully saturated rings. The Kier molecular flexibility index (Phi) is 10.9. The number of para-hydroxylation sites is 1. The number of nitrogens with two attached hydrogens (primary N) is 1. The SMILES string of the molecule is Nc1nc(-c2ccccc2)c(CCCN2CCN(c3ccccc3Cl)CC2)s1.O=C(O)C(O)C(O)C(=O)O. The van der Waals surface area contributed by atoms with Crippen LogP contribution in [0.2, 0.25) is 5.02 Å². The van der Waals surface area contributed by atoms with Gasteiger partial charge in [0.15, 0.2) is 17.3 Å². The Balaban J connectivity index is 0.000000342. The lowest BCUT2D eigenvalue weighted by Crippen LogP contribution is -2.46. The van der Waals surface area contributed by atoms with Crippen LogP contribution in [0.15, 0.2) is 54.6 Å². The largest absolute Gasteiger partial charge is 0.479 e. The van der Waals surface area contributed by atoms with Gasteiger partial charge in [-0.2, -0.15) is 0 Å². The van der Waals surface area contributed by atoms with E-state index in [9.17, 15) is 9.59 Å². The molecule has 1 aliphatic heterocycles. The van der Waals surface area contributed by atoms with Crippen LogP contribution in [0.25, 0.3) is 11.3 Å². The van der Waals surface area contributed by atoms with Gasteiger partial charge in [-0.3, -0.25) is 4.90 Å². The predicted molar refractivity (Wildman–Crippen MR) is 148 cm³/mol. The second-order valence-electron chi connectivity index (χ2n) is 8.64. The van der Waals surface area contributed by atoms with Crippen LogP contribution in [0.5, 0.6) is 0 Å². The number of carbonyl (C=O) groups is 2. The van der Waals surface area contributed by atoms with E-state index in [0.717, 1.165) is 67.5 Å². The Morgan fingerprint density at radius 3 is 2.11 bits per heavy atom. The lowest BCUT2D eigenvalue weighted by Gasteiger charge is -2.36. The number of aryl methyl sites for hydroxylation is 1. The molecule has 10 nitrogen and oxygen atoms in total. The fraction of sp³-hybridized carbons (Fsp3) is 0.346. The average Bonchev–Trinajstić information content (AvgIpc) is 3.29. The highest BCUT2D eigenvalue weighted by molar-refractivity contribution is 7.15. The van der Waals surface area contributed by atoms with Crippen molar-refractivity contribution in [3.8, 4) is 11.3 Å². The minimum atomic E-state index is -2.27. The number of carboxylic acids is 2. The number of anilines is 2. The summed E-state index contributed by atoms with van der Waals surface area (Å²) in [6.45, 7) is 5.28. The van der Waals surface area contributed by atoms with Crippen LogP contribution in [-0.2, 0) is 16.0 Å². The van der Waals surface area contributed by atoms with E-state index >= 15 is 0 Å². The number of piperazine rings is 1. The zero-order valence-electron chi connectivity index (χ0n) is 20.6. The average molecular weight is 563 g/mol. The van der Waals surface area contributed by atoms with Gasteiger partial charge in [-0.15, -0.1) is 11.3 Å². The summed E-state index contributed by atoms with van der Waals surface area (Å²) in [7, 11) is 0. The molecule has 6 N–H and O–H groups in total. The molecular formula is C26H31ClN4O6S. The number of rotatable bonds is 9. The number of nitrogen functional groups attached to an aromatic ring is 1. The van der Waals surface area contributed by atoms with Gasteiger partial charge in [-0.05, 0) is 31.5 Å². The minimum Gasteiger partial charge on any atom is -0.479 e. The van der Waals surface area contributed by atoms with Gasteiger partial charge in [0.05, 0.1) is 16.4 Å². The minimum absolute atomic E-state index is 0.655. The van der Waals surface area contributed by atoms with Crippen molar-refractivity contribution in [3.05, 3.63) is 64.5 Å². The lowest BCUT2D eigenvalue weighted by atomic mass is 10.1. The first-order chi connectivity index (χ1) is 18.2. The van der Waals surface area contributed by atoms with Crippen molar-refractivity contribution in [2.75, 3.05) is 43.4 Å². The number of benzene rings is 2. The Hall–Kier alpha value is -3.22. The summed E-state index contributed by atoms with van der Waals surface area (Å²) in [5.74, 6) is -3.54. The first kappa shape index (κ1) is 29.3. The maximum Gasteiger partial charge on any atom is 0.335 e. The highest BCUT2D eigenvalue weighted by Gasteiger charge is 2.29. The van der Waals surface area contributed by atoms with Gasteiger partial charge in [0.2, 0.25) is 0 Å². The number of hydrogen-bond acceptors (Lipinski definition) is 9. The molecule has 3 aromatic rings. The second kappa shape index (κ2) is 14.1. The highest BCUT2D eigenvalue weighted by Crippen LogP contribution is 2.31. The number of aliphatic carboxylic acids is 2. The van der Waals surface area contributed by atoms with Crippen molar-refractivity contribution < 1.29 is 30.0 Å². The molecule has 0 bridgehead atoms. The Labute approximate surface area is 229 Å². The number of aliphatic hydroxyl groups excluding tert-OH is 2. The molecule has 1 aliphatic rings. The third-order valence-corrected chi connectivity index (χ3v) is 7.27. The van der Waals surface area contributed by atoms with Crippen molar-refractivity contribution in [1.29, 1.82) is 0 Å². The number of nitrogens with zero attached hydrogens (tertiary/aromatic N) is 3. The van der Waals surface area contributed by atoms with Gasteiger partial charge in [0, 0.05) is 36.6 Å². The predicted octanol–water partition coefficient (Wildman–Crippen LogP) is 2.68. The molecule has 12 heteroatoms. The van der Waals surface area contributed by atoms with Crippen LogP contribution in [-0.4, -0.2) is 87.2 Å². The third-order valence-electron chi connectivity index (χ3n) is 6.01. The molecule has 4 rings (SSSR count). The van der Waals surface area contributed by atoms with Gasteiger partial charge in [-0.25, -0.2) is 14.6 Å². The number of carboxylic acid groups (broad SMARTS) is 2. The molecule has 1 saturated heterocycles. The standard InChI is InChI=1S/C22H25ClN4S.C4H6O6/c23-18-9-4-5-10-19(18)27-15-13-26(14-16-27)12-6-11-20-21(25-22(24)28-20)17-7-2-1-3-8-17;5-1(3(7)8)2(6)4(9)10/h1-5,7-10H,6,11-16H2,(H2,24,25);1-2,5-6H,(H,7,8)(H,9,10). The second-order valence-corrected chi connectivity index (χ2v) is 10.2. The molecule has 0 amide bonds. The van der Waals surface area contributed by atoms with Crippen molar-refractivity contribution in [2.45, 2.75) is 25.0 Å². The summed E-state index contributed by atoms with van der Waals surface area (Å²) in [4.78, 5) is 30.3. The number of aromatic nitrogens is 1. The molecule has 2 atom stereocenters. The Morgan fingerprint density at radius 2 is 1.53 bits per heavy atom. The summed E-state index contributed by atoms with van der Waals surface area (Å²) in [5.41, 5.74) is 9.34. The molecule has 2 heterocycles. The van der Waals surface area contributed by atoms with Crippen LogP contribution in [0.3, 0.4) is 0 Å². The molecule has 38 heavy (non-hydrogen) atoms. The monoisotopic (exact) mass is 562 g/mol. The molecule has 204 valence electrons. The summed E-state index contributed by atoms with van der Waals surface area (Å²) in [6, 6.07) is 18.4. The van der Waals surface area contributed by atoms with E-state index in [1.54, 1.807) is 11.3 Å². The molecule has 2 unspecified atom stereocenters. The van der Waals surface area contributed by atoms with E-state index in [0.29, 0.717) is 5.13 Å². The van der Waals surface area contributed by atoms with E-state index in [4.69, 9.17) is 37.8 Å². The maximum atomic E-state index is 9.77. The number of thiazole rings is 1. The van der Waals surface area contributed by atoms with Crippen molar-refractivity contribution in [2.24, 2.45) is 0 Å². The first-order valence-electron chi connectivity index (χ1n) is 12.0. The normalized spacial score (nSPS) is 15.3. The Bertz CT molecular complexity index is 1190. The summed E-state index contributed by atoms with van der Waals surface area (Å²) in [5, 5.41) is 34.0. The van der Waals surface area contributed by atoms with E-state index in [1.165, 1.54) is 4.88 Å². The summed E-state index contributed by atoms with van der Waals surface area (Å²) < 4.78 is 0. The van der Waals surface area contributed by atoms with Crippen molar-refractivity contribution in [3.63, 3.8) is 0 Å². The van der Waals surface area contributed by atoms with Crippen LogP contribution in [0.1, 0.15) is 11.3 Å². The van der Waals surface area contributed by atoms with Gasteiger partial charge < -0.3 is 31.1 Å². The van der Waals surface area contributed by atoms with Crippen molar-refractivity contribution in [1.82, 2.24) is 9.88 Å². The molecular weight excluding hydrogens is 532 g/mol. The smallest absolute Gasteiger partial charge is 0.335 e. The van der Waals surface area contributed by atoms with Crippen LogP contribution in [0.4, 0.5) is 10.8 Å². The molecule has 1 aromatic heterocycles. The van der Waals surface area contributed by atoms with E-state index < -0.39 is 24.1 Å². The third kappa shape index (κ3) is 8.14. The molecule has 2 aromatic carbocycles. The molecule has 0 spiro atoms. The molecule has 0 saturated carbocycles. The van der Waals surface area contributed by atoms with Crippen molar-refractivity contribution >= 4 is 45.7 Å². The lowest BCUT2D eigenvalue weighted by molar-refractivity contribution is -0.165. The Morgan fingerprint density at radius 1 is 0.947 bits per heavy atom. The van der Waals surface area contributed by atoms with Crippen LogP contribution >= 0.6 is 22.9 Å². The summed E-state index contributed by atoms with van der Waals surface area (Å²) >= 11 is 7.96. The zero-order valence-corrected chi connectivity index (χ0v) is 22.2. The zero-order chi connectivity index (χ0) is 27.7. The highest BCUT2D eigenvalue weighted by atomic mass is 35.5. The topological polar surface area (TPSA) is 160 Å². The molecule has 0 radical (unpaired) electrons. The number of halogens is 1. The molecule has 0 aliphatic carbocycles. The van der Waals surface area contributed by atoms with Crippen LogP contribution in [0, 0.1) is 0 Å². The van der Waals surface area contributed by atoms with Gasteiger partial charge >= 0.3 is 11.9 Å². The van der Waals surface area contributed by atoms with Crippen LogP contribution < -0.4 is 10.6 Å². The quantitative estimate of drug-likeness (QED) is 0.262. The van der Waals surface area contributed by atoms with E-state index in [1.807, 2.05) is 30.3 Å². The number of aliphatic hydroxyl groups is 2. The van der Waals surface area contributed by atoms with E-state index in [-0.39, 0.29) is 0 Å². The van der Waals surface area contributed by atoms with E-state index in [2.05, 4.69) is 39.0 Å². The van der Waals surface area contributed by atoms with Gasteiger partial charge in [-0.1, -0.05) is 54.1 Å². The first-order valence-corrected chi connectivity index (χ1v) is 13.2. The maximum absolute atomic E-state index is 9.77. The summed E-state index contributed by atoms with van der Waals surface area (Å²) in [6.07, 6.45) is -2.40. The van der Waals surface area contributed by atoms with Gasteiger partial charge in [0.1, 0.15) is 0 Å². The number of hydrogen-bond donors (Lipinski definition) is 5. The fourth-order valence-electron chi connectivity index (χ4n) is 4.01. The fourth-order valence-corrected chi connectivity index (χ4v) is 5.17.